The molecule has 0 N–H and O–H groups in total. The molecule has 2 nitrogen and oxygen atoms in total. The van der Waals surface area contributed by atoms with E-state index >= 15 is 0 Å². The molecule has 5 atom stereocenters. The molecule has 0 saturated heterocycles. The van der Waals surface area contributed by atoms with Crippen LogP contribution in [0, 0.1) is 23.7 Å². The van der Waals surface area contributed by atoms with Crippen LogP contribution < -0.4 is 0 Å². The summed E-state index contributed by atoms with van der Waals surface area (Å²) in [5.74, 6) is 2.68. The highest BCUT2D eigenvalue weighted by Crippen LogP contribution is 2.41. The van der Waals surface area contributed by atoms with Crippen molar-refractivity contribution in [3.8, 4) is 0 Å². The lowest BCUT2D eigenvalue weighted by Crippen LogP contribution is -2.30. The summed E-state index contributed by atoms with van der Waals surface area (Å²) in [6.07, 6.45) is 9.52. The monoisotopic (exact) mass is 358 g/mol. The maximum Gasteiger partial charge on any atom is 0.0928 e. The van der Waals surface area contributed by atoms with E-state index in [1.54, 1.807) is 0 Å². The van der Waals surface area contributed by atoms with Gasteiger partial charge in [-0.1, -0.05) is 45.8 Å². The van der Waals surface area contributed by atoms with Crippen LogP contribution in [0.2, 0.25) is 0 Å². The predicted octanol–water partition coefficient (Wildman–Crippen LogP) is 6.83. The van der Waals surface area contributed by atoms with Crippen molar-refractivity contribution in [3.05, 3.63) is 12.2 Å². The van der Waals surface area contributed by atoms with Gasteiger partial charge in [0.15, 0.2) is 0 Å². The normalized spacial score (nSPS) is 35.4. The van der Waals surface area contributed by atoms with Crippen LogP contribution in [0.25, 0.3) is 0 Å². The largest absolute Gasteiger partial charge is 0.300 e. The molecule has 0 heterocycles. The number of rotatable bonds is 7. The zero-order valence-corrected chi connectivity index (χ0v) is 16.9. The van der Waals surface area contributed by atoms with Crippen molar-refractivity contribution in [3.63, 3.8) is 0 Å². The Bertz CT molecular complexity index is 372. The van der Waals surface area contributed by atoms with Gasteiger partial charge in [0.05, 0.1) is 34.4 Å². The molecule has 0 aromatic carbocycles. The quantitative estimate of drug-likeness (QED) is 0.215. The Morgan fingerprint density at radius 3 is 2.30 bits per heavy atom. The smallest absolute Gasteiger partial charge is 0.0928 e. The molecule has 134 valence electrons. The van der Waals surface area contributed by atoms with Crippen LogP contribution in [0.3, 0.4) is 0 Å². The van der Waals surface area contributed by atoms with Gasteiger partial charge in [-0.05, 0) is 56.8 Å². The fourth-order valence-electron chi connectivity index (χ4n) is 4.14. The summed E-state index contributed by atoms with van der Waals surface area (Å²) >= 11 is 2.90. The minimum Gasteiger partial charge on any atom is -0.300 e. The molecule has 2 rings (SSSR count). The van der Waals surface area contributed by atoms with Crippen LogP contribution >= 0.6 is 22.1 Å². The van der Waals surface area contributed by atoms with Gasteiger partial charge in [-0.3, -0.25) is 8.37 Å². The van der Waals surface area contributed by atoms with Gasteiger partial charge in [-0.15, -0.1) is 0 Å². The molecule has 0 amide bonds. The van der Waals surface area contributed by atoms with Crippen LogP contribution in [-0.2, 0) is 8.37 Å². The maximum atomic E-state index is 6.11. The van der Waals surface area contributed by atoms with Crippen LogP contribution in [0.1, 0.15) is 72.6 Å². The first-order valence-electron chi connectivity index (χ1n) is 9.30. The molecule has 2 fully saturated rings. The summed E-state index contributed by atoms with van der Waals surface area (Å²) in [6.45, 7) is 13.3. The van der Waals surface area contributed by atoms with E-state index < -0.39 is 0 Å². The van der Waals surface area contributed by atoms with Gasteiger partial charge in [0.25, 0.3) is 0 Å². The summed E-state index contributed by atoms with van der Waals surface area (Å²) in [5, 5.41) is 0. The third kappa shape index (κ3) is 5.98. The molecule has 23 heavy (non-hydrogen) atoms. The molecule has 0 aromatic heterocycles. The van der Waals surface area contributed by atoms with Gasteiger partial charge in [0, 0.05) is 5.92 Å². The van der Waals surface area contributed by atoms with Crippen LogP contribution in [-0.4, -0.2) is 12.2 Å². The van der Waals surface area contributed by atoms with E-state index in [4.69, 9.17) is 8.37 Å². The molecule has 2 aliphatic rings. The van der Waals surface area contributed by atoms with Gasteiger partial charge in [0.1, 0.15) is 0 Å². The molecule has 0 radical (unpaired) electrons. The molecule has 0 aromatic rings. The van der Waals surface area contributed by atoms with Gasteiger partial charge >= 0.3 is 0 Å². The van der Waals surface area contributed by atoms with E-state index in [9.17, 15) is 0 Å². The van der Waals surface area contributed by atoms with E-state index in [0.717, 1.165) is 12.3 Å². The first kappa shape index (κ1) is 19.7. The predicted molar refractivity (Wildman–Crippen MR) is 103 cm³/mol. The second kappa shape index (κ2) is 9.74. The van der Waals surface area contributed by atoms with Crippen molar-refractivity contribution in [1.29, 1.82) is 0 Å². The molecule has 2 unspecified atom stereocenters. The average Bonchev–Trinajstić information content (AvgIpc) is 2.51. The van der Waals surface area contributed by atoms with E-state index in [1.165, 1.54) is 66.2 Å². The van der Waals surface area contributed by atoms with Gasteiger partial charge in [-0.25, -0.2) is 0 Å². The zero-order valence-electron chi connectivity index (χ0n) is 15.3. The lowest BCUT2D eigenvalue weighted by Gasteiger charge is -2.35. The summed E-state index contributed by atoms with van der Waals surface area (Å²) < 4.78 is 12.2. The molecule has 4 heteroatoms. The SMILES string of the molecule is C=C(C)C1CC[C@@H](C)C[C@H]1OSSO[C@H]1CCCCC1C(C)C. The van der Waals surface area contributed by atoms with Crippen molar-refractivity contribution in [1.82, 2.24) is 0 Å². The Hall–Kier alpha value is 0.360. The minimum atomic E-state index is 0.296. The van der Waals surface area contributed by atoms with Crippen molar-refractivity contribution < 1.29 is 8.37 Å². The van der Waals surface area contributed by atoms with Crippen molar-refractivity contribution >= 4 is 22.1 Å². The van der Waals surface area contributed by atoms with Crippen LogP contribution in [0.5, 0.6) is 0 Å². The second-order valence-corrected chi connectivity index (χ2v) is 9.44. The minimum absolute atomic E-state index is 0.296. The third-order valence-electron chi connectivity index (χ3n) is 5.65. The summed E-state index contributed by atoms with van der Waals surface area (Å²) in [7, 11) is 0. The third-order valence-corrected chi connectivity index (χ3v) is 7.00. The Balaban J connectivity index is 1.73. The van der Waals surface area contributed by atoms with Gasteiger partial charge < -0.3 is 0 Å². The van der Waals surface area contributed by atoms with E-state index in [-0.39, 0.29) is 0 Å². The molecule has 0 spiro atoms. The average molecular weight is 359 g/mol. The number of hydrogen-bond acceptors (Lipinski definition) is 4. The topological polar surface area (TPSA) is 18.5 Å². The summed E-state index contributed by atoms with van der Waals surface area (Å²) in [5.41, 5.74) is 1.26. The first-order chi connectivity index (χ1) is 11.0. The second-order valence-electron chi connectivity index (χ2n) is 7.97. The molecule has 0 aliphatic heterocycles. The lowest BCUT2D eigenvalue weighted by atomic mass is 9.78. The Morgan fingerprint density at radius 2 is 1.65 bits per heavy atom. The number of hydrogen-bond donors (Lipinski definition) is 0. The maximum absolute atomic E-state index is 6.11. The highest BCUT2D eigenvalue weighted by molar-refractivity contribution is 8.73. The summed E-state index contributed by atoms with van der Waals surface area (Å²) in [6, 6.07) is 0. The van der Waals surface area contributed by atoms with E-state index in [0.29, 0.717) is 30.0 Å². The van der Waals surface area contributed by atoms with Crippen LogP contribution in [0.15, 0.2) is 12.2 Å². The Kier molecular flexibility index (Phi) is 8.34. The Labute approximate surface area is 151 Å². The molecule has 2 saturated carbocycles. The standard InChI is InChI=1S/C19H34O2S2/c1-13(2)16-8-6-7-9-18(16)20-22-23-21-19-12-15(5)10-11-17(19)14(3)4/h13,15-19H,3,6-12H2,1-2,4-5H3/t15-,16?,17?,18+,19-/m1/s1. The van der Waals surface area contributed by atoms with Crippen molar-refractivity contribution in [2.24, 2.45) is 23.7 Å². The van der Waals surface area contributed by atoms with Crippen molar-refractivity contribution in [2.75, 3.05) is 0 Å². The van der Waals surface area contributed by atoms with E-state index in [2.05, 4.69) is 34.3 Å². The fraction of sp³-hybridized carbons (Fsp3) is 0.895. The van der Waals surface area contributed by atoms with Crippen molar-refractivity contribution in [2.45, 2.75) is 84.8 Å². The zero-order chi connectivity index (χ0) is 16.8. The van der Waals surface area contributed by atoms with Gasteiger partial charge in [-0.2, -0.15) is 0 Å². The highest BCUT2D eigenvalue weighted by atomic mass is 33.1. The van der Waals surface area contributed by atoms with E-state index in [1.807, 2.05) is 0 Å². The van der Waals surface area contributed by atoms with Crippen LogP contribution in [0.4, 0.5) is 0 Å². The fourth-order valence-corrected chi connectivity index (χ4v) is 5.65. The molecular weight excluding hydrogens is 324 g/mol. The Morgan fingerprint density at radius 1 is 1.00 bits per heavy atom. The molecule has 2 aliphatic carbocycles. The molecular formula is C19H34O2S2. The summed E-state index contributed by atoms with van der Waals surface area (Å²) in [4.78, 5) is 0. The highest BCUT2D eigenvalue weighted by Gasteiger charge is 2.31. The molecule has 0 bridgehead atoms. The first-order valence-corrected chi connectivity index (χ1v) is 11.3. The van der Waals surface area contributed by atoms with Gasteiger partial charge in [0.2, 0.25) is 0 Å². The lowest BCUT2D eigenvalue weighted by molar-refractivity contribution is 0.0853.